The van der Waals surface area contributed by atoms with Gasteiger partial charge < -0.3 is 10.1 Å². The van der Waals surface area contributed by atoms with Crippen LogP contribution in [-0.4, -0.2) is 6.61 Å². The van der Waals surface area contributed by atoms with E-state index in [9.17, 15) is 0 Å². The largest absolute Gasteiger partial charge is 0.493 e. The highest BCUT2D eigenvalue weighted by atomic mass is 16.5. The molecule has 0 aliphatic carbocycles. The van der Waals surface area contributed by atoms with Crippen molar-refractivity contribution >= 4 is 0 Å². The van der Waals surface area contributed by atoms with Gasteiger partial charge in [-0.1, -0.05) is 81.5 Å². The van der Waals surface area contributed by atoms with Crippen molar-refractivity contribution < 1.29 is 4.74 Å². The zero-order valence-electron chi connectivity index (χ0n) is 15.9. The van der Waals surface area contributed by atoms with Gasteiger partial charge in [-0.2, -0.15) is 0 Å². The molecule has 0 unspecified atom stereocenters. The predicted octanol–water partition coefficient (Wildman–Crippen LogP) is 6.02. The lowest BCUT2D eigenvalue weighted by Crippen LogP contribution is -2.14. The number of hydrogen-bond acceptors (Lipinski definition) is 2. The van der Waals surface area contributed by atoms with Gasteiger partial charge in [0.15, 0.2) is 0 Å². The quantitative estimate of drug-likeness (QED) is 0.477. The monoisotopic (exact) mass is 339 g/mol. The number of aryl methyl sites for hydroxylation is 1. The summed E-state index contributed by atoms with van der Waals surface area (Å²) in [4.78, 5) is 0. The summed E-state index contributed by atoms with van der Waals surface area (Å²) in [5.74, 6) is 1.02. The van der Waals surface area contributed by atoms with Crippen LogP contribution in [0.2, 0.25) is 0 Å². The van der Waals surface area contributed by atoms with Gasteiger partial charge in [-0.3, -0.25) is 0 Å². The van der Waals surface area contributed by atoms with Crippen LogP contribution in [0.1, 0.15) is 62.1 Å². The Morgan fingerprint density at radius 1 is 0.760 bits per heavy atom. The average Bonchev–Trinajstić information content (AvgIpc) is 2.64. The SMILES string of the molecule is CCCCCCCCOc1ccccc1CNCc1ccccc1C. The minimum atomic E-state index is 0.820. The fraction of sp³-hybridized carbons (Fsp3) is 0.478. The number of para-hydroxylation sites is 1. The van der Waals surface area contributed by atoms with Crippen molar-refractivity contribution in [3.05, 3.63) is 65.2 Å². The van der Waals surface area contributed by atoms with Gasteiger partial charge in [0.05, 0.1) is 6.61 Å². The number of nitrogens with one attached hydrogen (secondary N) is 1. The van der Waals surface area contributed by atoms with Gasteiger partial charge in [-0.05, 0) is 30.5 Å². The maximum Gasteiger partial charge on any atom is 0.123 e. The van der Waals surface area contributed by atoms with E-state index in [1.54, 1.807) is 0 Å². The first-order chi connectivity index (χ1) is 12.3. The lowest BCUT2D eigenvalue weighted by molar-refractivity contribution is 0.300. The standard InChI is InChI=1S/C23H33NO/c1-3-4-5-6-7-12-17-25-23-16-11-10-15-22(23)19-24-18-21-14-9-8-13-20(21)2/h8-11,13-16,24H,3-7,12,17-19H2,1-2H3. The van der Waals surface area contributed by atoms with Crippen LogP contribution in [0, 0.1) is 6.92 Å². The number of unbranched alkanes of at least 4 members (excludes halogenated alkanes) is 5. The number of hydrogen-bond donors (Lipinski definition) is 1. The van der Waals surface area contributed by atoms with Crippen LogP contribution in [0.5, 0.6) is 5.75 Å². The normalized spacial score (nSPS) is 10.8. The second-order valence-electron chi connectivity index (χ2n) is 6.75. The van der Waals surface area contributed by atoms with E-state index < -0.39 is 0 Å². The lowest BCUT2D eigenvalue weighted by Gasteiger charge is -2.13. The third-order valence-electron chi connectivity index (χ3n) is 4.62. The smallest absolute Gasteiger partial charge is 0.123 e. The van der Waals surface area contributed by atoms with Crippen LogP contribution in [0.25, 0.3) is 0 Å². The molecule has 0 radical (unpaired) electrons. The number of rotatable bonds is 12. The second-order valence-corrected chi connectivity index (χ2v) is 6.75. The molecular weight excluding hydrogens is 306 g/mol. The Labute approximate surface area is 153 Å². The summed E-state index contributed by atoms with van der Waals surface area (Å²) in [5.41, 5.74) is 3.93. The molecule has 0 aliphatic rings. The summed E-state index contributed by atoms with van der Waals surface area (Å²) in [6.07, 6.45) is 7.77. The highest BCUT2D eigenvalue weighted by molar-refractivity contribution is 5.33. The third-order valence-corrected chi connectivity index (χ3v) is 4.62. The van der Waals surface area contributed by atoms with E-state index in [1.165, 1.54) is 48.8 Å². The second kappa shape index (κ2) is 11.7. The summed E-state index contributed by atoms with van der Waals surface area (Å²) < 4.78 is 6.03. The van der Waals surface area contributed by atoms with E-state index in [0.29, 0.717) is 0 Å². The van der Waals surface area contributed by atoms with E-state index in [2.05, 4.69) is 67.7 Å². The molecule has 25 heavy (non-hydrogen) atoms. The Hall–Kier alpha value is -1.80. The molecule has 136 valence electrons. The first-order valence-corrected chi connectivity index (χ1v) is 9.77. The van der Waals surface area contributed by atoms with E-state index >= 15 is 0 Å². The minimum Gasteiger partial charge on any atom is -0.493 e. The van der Waals surface area contributed by atoms with Gasteiger partial charge in [0.25, 0.3) is 0 Å². The zero-order chi connectivity index (χ0) is 17.7. The molecule has 2 rings (SSSR count). The molecule has 2 aromatic carbocycles. The molecule has 0 spiro atoms. The number of ether oxygens (including phenoxy) is 1. The lowest BCUT2D eigenvalue weighted by atomic mass is 10.1. The fourth-order valence-corrected chi connectivity index (χ4v) is 3.00. The Morgan fingerprint density at radius 2 is 1.40 bits per heavy atom. The van der Waals surface area contributed by atoms with Crippen LogP contribution in [-0.2, 0) is 13.1 Å². The van der Waals surface area contributed by atoms with E-state index in [4.69, 9.17) is 4.74 Å². The zero-order valence-corrected chi connectivity index (χ0v) is 15.9. The van der Waals surface area contributed by atoms with Crippen molar-refractivity contribution in [3.8, 4) is 5.75 Å². The molecule has 2 nitrogen and oxygen atoms in total. The molecule has 2 heteroatoms. The maximum atomic E-state index is 6.03. The van der Waals surface area contributed by atoms with Crippen molar-refractivity contribution in [3.63, 3.8) is 0 Å². The Morgan fingerprint density at radius 3 is 2.20 bits per heavy atom. The van der Waals surface area contributed by atoms with E-state index in [-0.39, 0.29) is 0 Å². The highest BCUT2D eigenvalue weighted by Gasteiger charge is 2.03. The van der Waals surface area contributed by atoms with Crippen molar-refractivity contribution in [2.24, 2.45) is 0 Å². The average molecular weight is 340 g/mol. The molecule has 0 bridgehead atoms. The van der Waals surface area contributed by atoms with Crippen LogP contribution in [0.15, 0.2) is 48.5 Å². The number of benzene rings is 2. The first kappa shape index (κ1) is 19.5. The van der Waals surface area contributed by atoms with Crippen molar-refractivity contribution in [1.29, 1.82) is 0 Å². The van der Waals surface area contributed by atoms with Gasteiger partial charge in [0.2, 0.25) is 0 Å². The van der Waals surface area contributed by atoms with Crippen LogP contribution in [0.4, 0.5) is 0 Å². The first-order valence-electron chi connectivity index (χ1n) is 9.77. The summed E-state index contributed by atoms with van der Waals surface area (Å²) in [7, 11) is 0. The molecule has 0 aromatic heterocycles. The highest BCUT2D eigenvalue weighted by Crippen LogP contribution is 2.19. The summed E-state index contributed by atoms with van der Waals surface area (Å²) >= 11 is 0. The van der Waals surface area contributed by atoms with Gasteiger partial charge in [0, 0.05) is 18.7 Å². The molecular formula is C23H33NO. The van der Waals surface area contributed by atoms with Gasteiger partial charge in [-0.25, -0.2) is 0 Å². The van der Waals surface area contributed by atoms with Gasteiger partial charge >= 0.3 is 0 Å². The molecule has 0 saturated carbocycles. The van der Waals surface area contributed by atoms with E-state index in [0.717, 1.165) is 31.9 Å². The molecule has 0 heterocycles. The van der Waals surface area contributed by atoms with Crippen molar-refractivity contribution in [1.82, 2.24) is 5.32 Å². The molecule has 0 amide bonds. The van der Waals surface area contributed by atoms with Crippen LogP contribution >= 0.6 is 0 Å². The molecule has 0 fully saturated rings. The van der Waals surface area contributed by atoms with Gasteiger partial charge in [-0.15, -0.1) is 0 Å². The Kier molecular flexibility index (Phi) is 9.14. The summed E-state index contributed by atoms with van der Waals surface area (Å²) in [6, 6.07) is 16.9. The summed E-state index contributed by atoms with van der Waals surface area (Å²) in [5, 5.41) is 3.54. The minimum absolute atomic E-state index is 0.820. The molecule has 0 atom stereocenters. The van der Waals surface area contributed by atoms with Crippen LogP contribution in [0.3, 0.4) is 0 Å². The molecule has 1 N–H and O–H groups in total. The molecule has 0 aliphatic heterocycles. The third kappa shape index (κ3) is 7.31. The Balaban J connectivity index is 1.73. The predicted molar refractivity (Wildman–Crippen MR) is 107 cm³/mol. The summed E-state index contributed by atoms with van der Waals surface area (Å²) in [6.45, 7) is 6.96. The fourth-order valence-electron chi connectivity index (χ4n) is 3.00. The Bertz CT molecular complexity index is 609. The van der Waals surface area contributed by atoms with E-state index in [1.807, 2.05) is 0 Å². The maximum absolute atomic E-state index is 6.03. The van der Waals surface area contributed by atoms with Gasteiger partial charge in [0.1, 0.15) is 5.75 Å². The van der Waals surface area contributed by atoms with Crippen molar-refractivity contribution in [2.45, 2.75) is 65.5 Å². The molecule has 2 aromatic rings. The topological polar surface area (TPSA) is 21.3 Å². The molecule has 0 saturated heterocycles. The van der Waals surface area contributed by atoms with Crippen LogP contribution < -0.4 is 10.1 Å². The van der Waals surface area contributed by atoms with Crippen molar-refractivity contribution in [2.75, 3.05) is 6.61 Å².